The van der Waals surface area contributed by atoms with Crippen molar-refractivity contribution < 1.29 is 4.79 Å². The maximum atomic E-state index is 10.6. The van der Waals surface area contributed by atoms with E-state index in [4.69, 9.17) is 0 Å². The number of hydrogen-bond acceptors (Lipinski definition) is 3. The number of nitrogens with zero attached hydrogens (tertiary/aromatic N) is 3. The molecule has 2 heterocycles. The molecule has 0 unspecified atom stereocenters. The number of carbonyl (C=O) groups excluding carboxylic acids is 1. The van der Waals surface area contributed by atoms with Crippen LogP contribution in [0.5, 0.6) is 0 Å². The molecule has 0 aromatic carbocycles. The van der Waals surface area contributed by atoms with Crippen molar-refractivity contribution in [1.82, 2.24) is 14.6 Å². The molecule has 70 valence electrons. The van der Waals surface area contributed by atoms with Crippen molar-refractivity contribution in [1.29, 1.82) is 0 Å². The van der Waals surface area contributed by atoms with Gasteiger partial charge in [0.1, 0.15) is 5.82 Å². The highest BCUT2D eigenvalue weighted by atomic mass is 16.1. The van der Waals surface area contributed by atoms with Crippen molar-refractivity contribution in [2.45, 2.75) is 18.8 Å². The van der Waals surface area contributed by atoms with E-state index in [1.807, 2.05) is 10.5 Å². The van der Waals surface area contributed by atoms with Gasteiger partial charge < -0.3 is 0 Å². The van der Waals surface area contributed by atoms with Crippen molar-refractivity contribution in [3.63, 3.8) is 0 Å². The number of pyridine rings is 1. The molecule has 0 bridgehead atoms. The third kappa shape index (κ3) is 1.04. The molecule has 4 heteroatoms. The minimum atomic E-state index is 0.548. The number of aldehydes is 1. The molecular weight excluding hydrogens is 178 g/mol. The molecular formula is C10H9N3O. The highest BCUT2D eigenvalue weighted by Gasteiger charge is 2.28. The molecule has 4 nitrogen and oxygen atoms in total. The van der Waals surface area contributed by atoms with Gasteiger partial charge in [-0.2, -0.15) is 0 Å². The van der Waals surface area contributed by atoms with E-state index < -0.39 is 0 Å². The topological polar surface area (TPSA) is 47.3 Å². The first-order chi connectivity index (χ1) is 6.88. The summed E-state index contributed by atoms with van der Waals surface area (Å²) in [4.78, 5) is 10.6. The summed E-state index contributed by atoms with van der Waals surface area (Å²) in [6.45, 7) is 0. The zero-order chi connectivity index (χ0) is 9.54. The summed E-state index contributed by atoms with van der Waals surface area (Å²) >= 11 is 0. The normalized spacial score (nSPS) is 16.0. The Morgan fingerprint density at radius 2 is 2.21 bits per heavy atom. The fourth-order valence-corrected chi connectivity index (χ4v) is 1.61. The van der Waals surface area contributed by atoms with Crippen molar-refractivity contribution in [2.75, 3.05) is 0 Å². The summed E-state index contributed by atoms with van der Waals surface area (Å²) in [7, 11) is 0. The number of carbonyl (C=O) groups is 1. The van der Waals surface area contributed by atoms with Crippen LogP contribution in [0.4, 0.5) is 0 Å². The van der Waals surface area contributed by atoms with Gasteiger partial charge in [0.2, 0.25) is 0 Å². The van der Waals surface area contributed by atoms with Crippen LogP contribution in [0.1, 0.15) is 34.9 Å². The number of hydrogen-bond donors (Lipinski definition) is 0. The largest absolute Gasteiger partial charge is 0.298 e. The Labute approximate surface area is 80.6 Å². The second-order valence-electron chi connectivity index (χ2n) is 3.64. The van der Waals surface area contributed by atoms with Crippen LogP contribution in [0, 0.1) is 0 Å². The first-order valence-corrected chi connectivity index (χ1v) is 4.68. The lowest BCUT2D eigenvalue weighted by atomic mass is 10.3. The molecule has 0 spiro atoms. The van der Waals surface area contributed by atoms with Crippen molar-refractivity contribution >= 4 is 11.9 Å². The Morgan fingerprint density at radius 3 is 2.93 bits per heavy atom. The molecule has 0 radical (unpaired) electrons. The van der Waals surface area contributed by atoms with Gasteiger partial charge in [-0.3, -0.25) is 9.20 Å². The zero-order valence-electron chi connectivity index (χ0n) is 7.55. The minimum absolute atomic E-state index is 0.548. The van der Waals surface area contributed by atoms with Gasteiger partial charge in [0.15, 0.2) is 11.9 Å². The summed E-state index contributed by atoms with van der Waals surface area (Å²) < 4.78 is 1.92. The average molecular weight is 187 g/mol. The van der Waals surface area contributed by atoms with Gasteiger partial charge in [-0.25, -0.2) is 0 Å². The standard InChI is InChI=1S/C10H9N3O/c14-6-7-1-4-9-11-12-10(8-2-3-8)13(9)5-7/h1,4-6,8H,2-3H2. The second-order valence-corrected chi connectivity index (χ2v) is 3.64. The molecule has 2 aromatic rings. The van der Waals surface area contributed by atoms with E-state index in [9.17, 15) is 4.79 Å². The molecule has 1 saturated carbocycles. The van der Waals surface area contributed by atoms with Crippen LogP contribution in [0.25, 0.3) is 5.65 Å². The van der Waals surface area contributed by atoms with Crippen molar-refractivity contribution in [2.24, 2.45) is 0 Å². The van der Waals surface area contributed by atoms with Gasteiger partial charge in [0.25, 0.3) is 0 Å². The lowest BCUT2D eigenvalue weighted by Crippen LogP contribution is -1.93. The molecule has 0 atom stereocenters. The van der Waals surface area contributed by atoms with Crippen LogP contribution in [0.2, 0.25) is 0 Å². The molecule has 1 fully saturated rings. The van der Waals surface area contributed by atoms with Gasteiger partial charge in [-0.05, 0) is 25.0 Å². The second kappa shape index (κ2) is 2.64. The molecule has 0 N–H and O–H groups in total. The Bertz CT molecular complexity index is 499. The van der Waals surface area contributed by atoms with E-state index in [0.29, 0.717) is 11.5 Å². The number of fused-ring (bicyclic) bond motifs is 1. The van der Waals surface area contributed by atoms with Crippen LogP contribution in [0.3, 0.4) is 0 Å². The van der Waals surface area contributed by atoms with E-state index in [-0.39, 0.29) is 0 Å². The van der Waals surface area contributed by atoms with Crippen LogP contribution >= 0.6 is 0 Å². The number of aromatic nitrogens is 3. The van der Waals surface area contributed by atoms with E-state index in [1.165, 1.54) is 12.8 Å². The van der Waals surface area contributed by atoms with Crippen molar-refractivity contribution in [3.05, 3.63) is 29.7 Å². The smallest absolute Gasteiger partial charge is 0.160 e. The minimum Gasteiger partial charge on any atom is -0.298 e. The quantitative estimate of drug-likeness (QED) is 0.668. The van der Waals surface area contributed by atoms with E-state index in [1.54, 1.807) is 12.3 Å². The molecule has 1 aliphatic carbocycles. The van der Waals surface area contributed by atoms with Crippen LogP contribution in [0.15, 0.2) is 18.3 Å². The molecule has 2 aromatic heterocycles. The summed E-state index contributed by atoms with van der Waals surface area (Å²) in [6, 6.07) is 3.58. The van der Waals surface area contributed by atoms with Gasteiger partial charge in [-0.1, -0.05) is 0 Å². The fraction of sp³-hybridized carbons (Fsp3) is 0.300. The summed E-state index contributed by atoms with van der Waals surface area (Å²) in [6.07, 6.45) is 5.02. The van der Waals surface area contributed by atoms with Crippen LogP contribution in [-0.2, 0) is 0 Å². The van der Waals surface area contributed by atoms with Gasteiger partial charge in [0.05, 0.1) is 0 Å². The third-order valence-electron chi connectivity index (χ3n) is 2.53. The SMILES string of the molecule is O=Cc1ccc2nnc(C3CC3)n2c1. The maximum Gasteiger partial charge on any atom is 0.160 e. The molecule has 0 aliphatic heterocycles. The van der Waals surface area contributed by atoms with E-state index >= 15 is 0 Å². The zero-order valence-corrected chi connectivity index (χ0v) is 7.55. The monoisotopic (exact) mass is 187 g/mol. The summed E-state index contributed by atoms with van der Waals surface area (Å²) in [5, 5.41) is 8.18. The van der Waals surface area contributed by atoms with E-state index in [0.717, 1.165) is 17.8 Å². The number of rotatable bonds is 2. The van der Waals surface area contributed by atoms with Gasteiger partial charge in [-0.15, -0.1) is 10.2 Å². The molecule has 0 amide bonds. The Kier molecular flexibility index (Phi) is 1.45. The van der Waals surface area contributed by atoms with Crippen molar-refractivity contribution in [3.8, 4) is 0 Å². The Balaban J connectivity index is 2.25. The average Bonchev–Trinajstić information content (AvgIpc) is 2.98. The van der Waals surface area contributed by atoms with Gasteiger partial charge in [0, 0.05) is 17.7 Å². The first-order valence-electron chi connectivity index (χ1n) is 4.68. The lowest BCUT2D eigenvalue weighted by molar-refractivity contribution is 0.112. The van der Waals surface area contributed by atoms with Crippen LogP contribution < -0.4 is 0 Å². The predicted octanol–water partition coefficient (Wildman–Crippen LogP) is 1.42. The summed E-state index contributed by atoms with van der Waals surface area (Å²) in [5.41, 5.74) is 1.48. The predicted molar refractivity (Wildman–Crippen MR) is 50.3 cm³/mol. The highest BCUT2D eigenvalue weighted by molar-refractivity contribution is 5.74. The first kappa shape index (κ1) is 7.67. The Hall–Kier alpha value is -1.71. The Morgan fingerprint density at radius 1 is 1.36 bits per heavy atom. The molecule has 1 aliphatic rings. The molecule has 14 heavy (non-hydrogen) atoms. The fourth-order valence-electron chi connectivity index (χ4n) is 1.61. The highest BCUT2D eigenvalue weighted by Crippen LogP contribution is 2.38. The van der Waals surface area contributed by atoms with Gasteiger partial charge >= 0.3 is 0 Å². The molecule has 0 saturated heterocycles. The van der Waals surface area contributed by atoms with E-state index in [2.05, 4.69) is 10.2 Å². The lowest BCUT2D eigenvalue weighted by Gasteiger charge is -1.97. The van der Waals surface area contributed by atoms with Crippen LogP contribution in [-0.4, -0.2) is 20.9 Å². The third-order valence-corrected chi connectivity index (χ3v) is 2.53. The molecule has 3 rings (SSSR count). The maximum absolute atomic E-state index is 10.6. The summed E-state index contributed by atoms with van der Waals surface area (Å²) in [5.74, 6) is 1.54.